The number of aryl methyl sites for hydroxylation is 1. The lowest BCUT2D eigenvalue weighted by Gasteiger charge is -2.16. The third-order valence-electron chi connectivity index (χ3n) is 3.83. The first-order chi connectivity index (χ1) is 11.0. The molecule has 1 aliphatic carbocycles. The van der Waals surface area contributed by atoms with Crippen LogP contribution >= 0.6 is 0 Å². The van der Waals surface area contributed by atoms with Crippen LogP contribution in [0, 0.1) is 6.92 Å². The maximum atomic E-state index is 12.4. The van der Waals surface area contributed by atoms with E-state index in [0.29, 0.717) is 17.5 Å². The Morgan fingerprint density at radius 3 is 2.65 bits per heavy atom. The van der Waals surface area contributed by atoms with Gasteiger partial charge in [-0.25, -0.2) is 4.98 Å². The van der Waals surface area contributed by atoms with Gasteiger partial charge in [-0.05, 0) is 25.3 Å². The molecule has 3 rings (SSSR count). The van der Waals surface area contributed by atoms with E-state index in [4.69, 9.17) is 9.52 Å². The van der Waals surface area contributed by atoms with Crippen molar-refractivity contribution in [2.75, 3.05) is 0 Å². The number of oxazole rings is 1. The van der Waals surface area contributed by atoms with Gasteiger partial charge in [-0.3, -0.25) is 9.59 Å². The Labute approximate surface area is 133 Å². The first-order valence-electron chi connectivity index (χ1n) is 7.59. The van der Waals surface area contributed by atoms with Crippen molar-refractivity contribution in [2.24, 2.45) is 0 Å². The molecule has 1 fully saturated rings. The summed E-state index contributed by atoms with van der Waals surface area (Å²) in [5.41, 5.74) is 1.27. The maximum Gasteiger partial charge on any atom is 0.305 e. The number of nitrogens with zero attached hydrogens (tertiary/aromatic N) is 1. The summed E-state index contributed by atoms with van der Waals surface area (Å²) in [6, 6.07) is 8.41. The second kappa shape index (κ2) is 6.24. The predicted molar refractivity (Wildman–Crippen MR) is 82.1 cm³/mol. The SMILES string of the molecule is Cc1nc(C2CC2)oc1C(=O)NC(CC(=O)O)c1ccccc1. The van der Waals surface area contributed by atoms with Crippen LogP contribution in [0.1, 0.15) is 58.9 Å². The van der Waals surface area contributed by atoms with E-state index in [1.807, 2.05) is 6.07 Å². The van der Waals surface area contributed by atoms with E-state index >= 15 is 0 Å². The van der Waals surface area contributed by atoms with Gasteiger partial charge in [0.2, 0.25) is 5.76 Å². The van der Waals surface area contributed by atoms with Crippen molar-refractivity contribution in [3.05, 3.63) is 53.2 Å². The van der Waals surface area contributed by atoms with Crippen LogP contribution in [0.4, 0.5) is 0 Å². The molecule has 1 unspecified atom stereocenters. The molecule has 120 valence electrons. The van der Waals surface area contributed by atoms with Crippen molar-refractivity contribution in [3.8, 4) is 0 Å². The van der Waals surface area contributed by atoms with Gasteiger partial charge < -0.3 is 14.8 Å². The number of nitrogens with one attached hydrogen (secondary N) is 1. The minimum Gasteiger partial charge on any atom is -0.481 e. The number of benzene rings is 1. The number of carboxylic acid groups (broad SMARTS) is 1. The molecule has 2 aromatic rings. The number of hydrogen-bond acceptors (Lipinski definition) is 4. The minimum atomic E-state index is -0.980. The highest BCUT2D eigenvalue weighted by Crippen LogP contribution is 2.40. The van der Waals surface area contributed by atoms with Gasteiger partial charge in [0.15, 0.2) is 5.89 Å². The molecule has 1 amide bonds. The molecule has 0 saturated heterocycles. The van der Waals surface area contributed by atoms with Crippen LogP contribution in [0.3, 0.4) is 0 Å². The number of amides is 1. The van der Waals surface area contributed by atoms with E-state index in [1.165, 1.54) is 0 Å². The van der Waals surface area contributed by atoms with Crippen LogP contribution < -0.4 is 5.32 Å². The first kappa shape index (κ1) is 15.3. The average Bonchev–Trinajstić information content (AvgIpc) is 3.30. The standard InChI is InChI=1S/C17H18N2O4/c1-10-15(23-17(18-10)12-7-8-12)16(22)19-13(9-14(20)21)11-5-3-2-4-6-11/h2-6,12-13H,7-9H2,1H3,(H,19,22)(H,20,21). The summed E-state index contributed by atoms with van der Waals surface area (Å²) in [7, 11) is 0. The maximum absolute atomic E-state index is 12.4. The number of carbonyl (C=O) groups excluding carboxylic acids is 1. The number of carbonyl (C=O) groups is 2. The molecule has 0 bridgehead atoms. The Hall–Kier alpha value is -2.63. The lowest BCUT2D eigenvalue weighted by atomic mass is 10.0. The zero-order valence-corrected chi connectivity index (χ0v) is 12.8. The Kier molecular flexibility index (Phi) is 4.14. The first-order valence-corrected chi connectivity index (χ1v) is 7.59. The molecule has 6 nitrogen and oxygen atoms in total. The second-order valence-corrected chi connectivity index (χ2v) is 5.78. The van der Waals surface area contributed by atoms with E-state index < -0.39 is 17.9 Å². The molecule has 0 spiro atoms. The van der Waals surface area contributed by atoms with E-state index in [-0.39, 0.29) is 12.2 Å². The van der Waals surface area contributed by atoms with Gasteiger partial charge in [-0.15, -0.1) is 0 Å². The molecule has 1 saturated carbocycles. The highest BCUT2D eigenvalue weighted by atomic mass is 16.4. The highest BCUT2D eigenvalue weighted by molar-refractivity contribution is 5.93. The lowest BCUT2D eigenvalue weighted by molar-refractivity contribution is -0.137. The number of aromatic nitrogens is 1. The summed E-state index contributed by atoms with van der Waals surface area (Å²) in [5.74, 6) is -0.330. The summed E-state index contributed by atoms with van der Waals surface area (Å²) in [5, 5.41) is 11.8. The molecular weight excluding hydrogens is 296 g/mol. The Morgan fingerprint density at radius 2 is 2.04 bits per heavy atom. The fourth-order valence-electron chi connectivity index (χ4n) is 2.47. The topological polar surface area (TPSA) is 92.4 Å². The van der Waals surface area contributed by atoms with Crippen LogP contribution in [0.5, 0.6) is 0 Å². The molecule has 1 aromatic heterocycles. The zero-order chi connectivity index (χ0) is 16.4. The number of hydrogen-bond donors (Lipinski definition) is 2. The third-order valence-corrected chi connectivity index (χ3v) is 3.83. The van der Waals surface area contributed by atoms with Crippen molar-refractivity contribution in [1.82, 2.24) is 10.3 Å². The van der Waals surface area contributed by atoms with Gasteiger partial charge in [0.05, 0.1) is 18.2 Å². The van der Waals surface area contributed by atoms with Crippen LogP contribution in [0.2, 0.25) is 0 Å². The Morgan fingerprint density at radius 1 is 1.35 bits per heavy atom. The van der Waals surface area contributed by atoms with E-state index in [0.717, 1.165) is 18.4 Å². The molecule has 1 heterocycles. The highest BCUT2D eigenvalue weighted by Gasteiger charge is 2.31. The average molecular weight is 314 g/mol. The van der Waals surface area contributed by atoms with E-state index in [2.05, 4.69) is 10.3 Å². The fourth-order valence-corrected chi connectivity index (χ4v) is 2.47. The fraction of sp³-hybridized carbons (Fsp3) is 0.353. The van der Waals surface area contributed by atoms with Crippen molar-refractivity contribution >= 4 is 11.9 Å². The van der Waals surface area contributed by atoms with Gasteiger partial charge in [-0.2, -0.15) is 0 Å². The van der Waals surface area contributed by atoms with E-state index in [9.17, 15) is 9.59 Å². The van der Waals surface area contributed by atoms with Gasteiger partial charge in [0.1, 0.15) is 0 Å². The molecular formula is C17H18N2O4. The normalized spacial score (nSPS) is 15.2. The second-order valence-electron chi connectivity index (χ2n) is 5.78. The molecule has 1 atom stereocenters. The van der Waals surface area contributed by atoms with Gasteiger partial charge in [0.25, 0.3) is 5.91 Å². The molecule has 2 N–H and O–H groups in total. The van der Waals surface area contributed by atoms with E-state index in [1.54, 1.807) is 31.2 Å². The summed E-state index contributed by atoms with van der Waals surface area (Å²) in [6.07, 6.45) is 1.87. The molecule has 0 aliphatic heterocycles. The summed E-state index contributed by atoms with van der Waals surface area (Å²) < 4.78 is 5.57. The third kappa shape index (κ3) is 3.59. The van der Waals surface area contributed by atoms with Crippen molar-refractivity contribution in [1.29, 1.82) is 0 Å². The Bertz CT molecular complexity index is 719. The lowest BCUT2D eigenvalue weighted by Crippen LogP contribution is -2.30. The smallest absolute Gasteiger partial charge is 0.305 e. The van der Waals surface area contributed by atoms with Gasteiger partial charge >= 0.3 is 5.97 Å². The summed E-state index contributed by atoms with van der Waals surface area (Å²) in [4.78, 5) is 27.8. The number of carboxylic acids is 1. The predicted octanol–water partition coefficient (Wildman–Crippen LogP) is 2.81. The van der Waals surface area contributed by atoms with Crippen LogP contribution in [-0.4, -0.2) is 22.0 Å². The minimum absolute atomic E-state index is 0.165. The van der Waals surface area contributed by atoms with Crippen molar-refractivity contribution in [3.63, 3.8) is 0 Å². The summed E-state index contributed by atoms with van der Waals surface area (Å²) >= 11 is 0. The number of rotatable bonds is 6. The van der Waals surface area contributed by atoms with Crippen LogP contribution in [0.15, 0.2) is 34.7 Å². The Balaban J connectivity index is 1.79. The molecule has 1 aromatic carbocycles. The molecule has 6 heteroatoms. The van der Waals surface area contributed by atoms with Crippen LogP contribution in [-0.2, 0) is 4.79 Å². The number of aliphatic carboxylic acids is 1. The molecule has 0 radical (unpaired) electrons. The van der Waals surface area contributed by atoms with Gasteiger partial charge in [-0.1, -0.05) is 30.3 Å². The molecule has 23 heavy (non-hydrogen) atoms. The quantitative estimate of drug-likeness (QED) is 0.855. The van der Waals surface area contributed by atoms with Crippen molar-refractivity contribution < 1.29 is 19.1 Å². The van der Waals surface area contributed by atoms with Gasteiger partial charge in [0, 0.05) is 5.92 Å². The zero-order valence-electron chi connectivity index (χ0n) is 12.8. The monoisotopic (exact) mass is 314 g/mol. The van der Waals surface area contributed by atoms with Crippen LogP contribution in [0.25, 0.3) is 0 Å². The van der Waals surface area contributed by atoms with Crippen molar-refractivity contribution in [2.45, 2.75) is 38.1 Å². The largest absolute Gasteiger partial charge is 0.481 e. The molecule has 1 aliphatic rings. The summed E-state index contributed by atoms with van der Waals surface area (Å²) in [6.45, 7) is 1.72.